The molecule has 1 aliphatic heterocycles. The van der Waals surface area contributed by atoms with Crippen molar-refractivity contribution in [3.63, 3.8) is 0 Å². The van der Waals surface area contributed by atoms with Crippen LogP contribution in [0.3, 0.4) is 0 Å². The minimum atomic E-state index is -0.257. The summed E-state index contributed by atoms with van der Waals surface area (Å²) in [6, 6.07) is 3.06. The van der Waals surface area contributed by atoms with Gasteiger partial charge in [0.15, 0.2) is 10.8 Å². The average molecular weight is 298 g/mol. The lowest BCUT2D eigenvalue weighted by molar-refractivity contribution is -0.149. The molecule has 1 aliphatic rings. The van der Waals surface area contributed by atoms with E-state index in [-0.39, 0.29) is 28.6 Å². The molecule has 1 saturated heterocycles. The smallest absolute Gasteiger partial charge is 0.310 e. The van der Waals surface area contributed by atoms with Crippen LogP contribution in [0.25, 0.3) is 0 Å². The van der Waals surface area contributed by atoms with Gasteiger partial charge < -0.3 is 9.64 Å². The van der Waals surface area contributed by atoms with Gasteiger partial charge >= 0.3 is 5.97 Å². The molecule has 0 spiro atoms. The molecule has 0 saturated carbocycles. The number of carbonyl (C=O) groups is 2. The van der Waals surface area contributed by atoms with E-state index < -0.39 is 0 Å². The number of hydrogen-bond donors (Lipinski definition) is 0. The number of carbonyl (C=O) groups excluding carboxylic acids is 2. The molecule has 2 heterocycles. The highest BCUT2D eigenvalue weighted by Gasteiger charge is 2.30. The molecule has 2 rings (SSSR count). The Morgan fingerprint density at radius 1 is 1.45 bits per heavy atom. The van der Waals surface area contributed by atoms with Crippen LogP contribution in [-0.4, -0.2) is 46.7 Å². The second kappa shape index (κ2) is 6.65. The van der Waals surface area contributed by atoms with Crippen molar-refractivity contribution in [2.75, 3.05) is 19.7 Å². The fraction of sp³-hybridized carbons (Fsp3) is 0.538. The number of rotatable bonds is 3. The van der Waals surface area contributed by atoms with Crippen LogP contribution >= 0.6 is 11.6 Å². The summed E-state index contributed by atoms with van der Waals surface area (Å²) >= 11 is 5.64. The highest BCUT2D eigenvalue weighted by atomic mass is 35.5. The van der Waals surface area contributed by atoms with E-state index in [0.717, 1.165) is 12.8 Å². The number of aromatic nitrogens is 2. The zero-order chi connectivity index (χ0) is 14.5. The molecule has 0 aromatic carbocycles. The van der Waals surface area contributed by atoms with Crippen LogP contribution in [0.4, 0.5) is 0 Å². The number of nitrogens with zero attached hydrogens (tertiary/aromatic N) is 3. The minimum Gasteiger partial charge on any atom is -0.466 e. The first-order valence-electron chi connectivity index (χ1n) is 6.57. The highest BCUT2D eigenvalue weighted by Crippen LogP contribution is 2.19. The van der Waals surface area contributed by atoms with Gasteiger partial charge in [-0.1, -0.05) is 11.6 Å². The molecule has 6 nitrogen and oxygen atoms in total. The molecular weight excluding hydrogens is 282 g/mol. The van der Waals surface area contributed by atoms with Crippen molar-refractivity contribution in [3.05, 3.63) is 23.0 Å². The van der Waals surface area contributed by atoms with Crippen molar-refractivity contribution in [2.24, 2.45) is 5.92 Å². The maximum absolute atomic E-state index is 12.3. The molecule has 20 heavy (non-hydrogen) atoms. The molecule has 0 unspecified atom stereocenters. The summed E-state index contributed by atoms with van der Waals surface area (Å²) in [4.78, 5) is 25.6. The largest absolute Gasteiger partial charge is 0.466 e. The SMILES string of the molecule is CCOC(=O)[C@H]1CCCN(C(=O)c2ccc(Cl)nn2)C1. The highest BCUT2D eigenvalue weighted by molar-refractivity contribution is 6.29. The lowest BCUT2D eigenvalue weighted by Gasteiger charge is -2.31. The van der Waals surface area contributed by atoms with E-state index in [9.17, 15) is 9.59 Å². The second-order valence-corrected chi connectivity index (χ2v) is 4.97. The van der Waals surface area contributed by atoms with E-state index in [0.29, 0.717) is 19.7 Å². The summed E-state index contributed by atoms with van der Waals surface area (Å²) in [5.41, 5.74) is 0.235. The standard InChI is InChI=1S/C13H16ClN3O3/c1-2-20-13(19)9-4-3-7-17(8-9)12(18)10-5-6-11(14)16-15-10/h5-6,9H,2-4,7-8H2,1H3/t9-/m0/s1. The van der Waals surface area contributed by atoms with Crippen LogP contribution in [0.2, 0.25) is 5.15 Å². The van der Waals surface area contributed by atoms with Crippen molar-refractivity contribution in [1.82, 2.24) is 15.1 Å². The zero-order valence-electron chi connectivity index (χ0n) is 11.2. The van der Waals surface area contributed by atoms with E-state index in [1.54, 1.807) is 11.8 Å². The van der Waals surface area contributed by atoms with E-state index in [1.165, 1.54) is 12.1 Å². The maximum Gasteiger partial charge on any atom is 0.310 e. The Balaban J connectivity index is 2.03. The predicted octanol–water partition coefficient (Wildman–Crippen LogP) is 1.55. The maximum atomic E-state index is 12.3. The number of piperidine rings is 1. The van der Waals surface area contributed by atoms with Crippen LogP contribution in [0.15, 0.2) is 12.1 Å². The molecule has 7 heteroatoms. The predicted molar refractivity (Wildman–Crippen MR) is 72.3 cm³/mol. The molecule has 1 amide bonds. The van der Waals surface area contributed by atoms with E-state index >= 15 is 0 Å². The fourth-order valence-electron chi connectivity index (χ4n) is 2.21. The molecule has 1 fully saturated rings. The van der Waals surface area contributed by atoms with Gasteiger partial charge in [-0.05, 0) is 31.9 Å². The minimum absolute atomic E-state index is 0.233. The quantitative estimate of drug-likeness (QED) is 0.791. The van der Waals surface area contributed by atoms with Crippen molar-refractivity contribution >= 4 is 23.5 Å². The van der Waals surface area contributed by atoms with Gasteiger partial charge in [0.1, 0.15) is 0 Å². The van der Waals surface area contributed by atoms with Crippen LogP contribution < -0.4 is 0 Å². The van der Waals surface area contributed by atoms with Gasteiger partial charge in [0, 0.05) is 13.1 Å². The molecule has 108 valence electrons. The van der Waals surface area contributed by atoms with Crippen molar-refractivity contribution in [2.45, 2.75) is 19.8 Å². The summed E-state index contributed by atoms with van der Waals surface area (Å²) in [6.07, 6.45) is 1.52. The van der Waals surface area contributed by atoms with Crippen LogP contribution in [0, 0.1) is 5.92 Å². The van der Waals surface area contributed by atoms with Gasteiger partial charge in [-0.15, -0.1) is 10.2 Å². The van der Waals surface area contributed by atoms with E-state index in [2.05, 4.69) is 10.2 Å². The topological polar surface area (TPSA) is 72.4 Å². The Morgan fingerprint density at radius 2 is 2.25 bits per heavy atom. The van der Waals surface area contributed by atoms with Gasteiger partial charge in [0.25, 0.3) is 5.91 Å². The molecule has 1 atom stereocenters. The zero-order valence-corrected chi connectivity index (χ0v) is 12.0. The number of hydrogen-bond acceptors (Lipinski definition) is 5. The first-order chi connectivity index (χ1) is 9.61. The lowest BCUT2D eigenvalue weighted by Crippen LogP contribution is -2.43. The Bertz CT molecular complexity index is 492. The Hall–Kier alpha value is -1.69. The third-order valence-corrected chi connectivity index (χ3v) is 3.38. The van der Waals surface area contributed by atoms with Gasteiger partial charge in [-0.3, -0.25) is 9.59 Å². The third kappa shape index (κ3) is 3.45. The molecule has 1 aromatic heterocycles. The number of amides is 1. The second-order valence-electron chi connectivity index (χ2n) is 4.58. The van der Waals surface area contributed by atoms with E-state index in [1.807, 2.05) is 0 Å². The Kier molecular flexibility index (Phi) is 4.89. The van der Waals surface area contributed by atoms with Gasteiger partial charge in [-0.25, -0.2) is 0 Å². The summed E-state index contributed by atoms with van der Waals surface area (Å²) in [5.74, 6) is -0.733. The fourth-order valence-corrected chi connectivity index (χ4v) is 2.31. The molecule has 0 N–H and O–H groups in total. The molecule has 0 bridgehead atoms. The Morgan fingerprint density at radius 3 is 2.90 bits per heavy atom. The number of likely N-dealkylation sites (tertiary alicyclic amines) is 1. The lowest BCUT2D eigenvalue weighted by atomic mass is 9.98. The van der Waals surface area contributed by atoms with Crippen LogP contribution in [0.1, 0.15) is 30.3 Å². The van der Waals surface area contributed by atoms with Gasteiger partial charge in [0.2, 0.25) is 0 Å². The molecule has 1 aromatic rings. The summed E-state index contributed by atoms with van der Waals surface area (Å²) < 4.78 is 5.01. The van der Waals surface area contributed by atoms with Gasteiger partial charge in [-0.2, -0.15) is 0 Å². The molecule has 0 aliphatic carbocycles. The van der Waals surface area contributed by atoms with Crippen molar-refractivity contribution in [1.29, 1.82) is 0 Å². The monoisotopic (exact) mass is 297 g/mol. The van der Waals surface area contributed by atoms with Crippen molar-refractivity contribution in [3.8, 4) is 0 Å². The summed E-state index contributed by atoms with van der Waals surface area (Å²) in [6.45, 7) is 3.10. The summed E-state index contributed by atoms with van der Waals surface area (Å²) in [7, 11) is 0. The van der Waals surface area contributed by atoms with Crippen LogP contribution in [-0.2, 0) is 9.53 Å². The third-order valence-electron chi connectivity index (χ3n) is 3.18. The Labute approximate surface area is 122 Å². The molecule has 0 radical (unpaired) electrons. The molecular formula is C13H16ClN3O3. The first kappa shape index (κ1) is 14.7. The number of halogens is 1. The number of ether oxygens (including phenoxy) is 1. The van der Waals surface area contributed by atoms with Crippen LogP contribution in [0.5, 0.6) is 0 Å². The van der Waals surface area contributed by atoms with Gasteiger partial charge in [0.05, 0.1) is 12.5 Å². The first-order valence-corrected chi connectivity index (χ1v) is 6.94. The number of esters is 1. The average Bonchev–Trinajstić information content (AvgIpc) is 2.48. The summed E-state index contributed by atoms with van der Waals surface area (Å²) in [5, 5.41) is 7.67. The normalized spacial score (nSPS) is 18.7. The van der Waals surface area contributed by atoms with E-state index in [4.69, 9.17) is 16.3 Å². The van der Waals surface area contributed by atoms with Crippen molar-refractivity contribution < 1.29 is 14.3 Å².